The van der Waals surface area contributed by atoms with E-state index in [0.29, 0.717) is 17.8 Å². The molecule has 0 radical (unpaired) electrons. The molecular formula is C23H25N4O3S+. The van der Waals surface area contributed by atoms with Gasteiger partial charge in [0.2, 0.25) is 21.3 Å². The topological polar surface area (TPSA) is 98.4 Å². The van der Waals surface area contributed by atoms with Crippen LogP contribution in [0.15, 0.2) is 69.3 Å². The number of aromatic nitrogens is 3. The third-order valence-electron chi connectivity index (χ3n) is 5.43. The largest absolute Gasteiger partial charge is 0.317 e. The van der Waals surface area contributed by atoms with Crippen molar-refractivity contribution >= 4 is 32.3 Å². The zero-order chi connectivity index (χ0) is 22.2. The maximum atomic E-state index is 13.4. The van der Waals surface area contributed by atoms with Crippen LogP contribution in [0.2, 0.25) is 0 Å². The molecule has 160 valence electrons. The number of benzene rings is 1. The van der Waals surface area contributed by atoms with Crippen LogP contribution in [-0.4, -0.2) is 17.8 Å². The Balaban J connectivity index is 2.05. The number of hydrogen-bond acceptors (Lipinski definition) is 5. The lowest BCUT2D eigenvalue weighted by atomic mass is 10.2. The Morgan fingerprint density at radius 3 is 2.55 bits per heavy atom. The summed E-state index contributed by atoms with van der Waals surface area (Å²) in [5.74, 6) is 0.0939. The first-order valence-electron chi connectivity index (χ1n) is 10.3. The van der Waals surface area contributed by atoms with Gasteiger partial charge in [0.15, 0.2) is 0 Å². The summed E-state index contributed by atoms with van der Waals surface area (Å²) in [5.41, 5.74) is 7.92. The molecule has 0 bridgehead atoms. The van der Waals surface area contributed by atoms with Crippen LogP contribution in [0.1, 0.15) is 31.7 Å². The number of pyridine rings is 2. The summed E-state index contributed by atoms with van der Waals surface area (Å²) in [6, 6.07) is 13.2. The second kappa shape index (κ2) is 8.11. The molecule has 0 unspecified atom stereocenters. The zero-order valence-electron chi connectivity index (χ0n) is 17.6. The fraction of sp³-hybridized carbons (Fsp3) is 0.261. The fourth-order valence-corrected chi connectivity index (χ4v) is 5.09. The first-order valence-corrected chi connectivity index (χ1v) is 11.8. The van der Waals surface area contributed by atoms with Gasteiger partial charge in [0.1, 0.15) is 10.3 Å². The fourth-order valence-electron chi connectivity index (χ4n) is 3.68. The molecule has 0 saturated heterocycles. The number of fused-ring (bicyclic) bond motifs is 2. The van der Waals surface area contributed by atoms with Gasteiger partial charge < -0.3 is 5.73 Å². The molecule has 8 heteroatoms. The van der Waals surface area contributed by atoms with Crippen LogP contribution in [0.25, 0.3) is 16.7 Å². The maximum absolute atomic E-state index is 13.4. The normalized spacial score (nSPS) is 11.9. The number of anilines is 1. The number of hydrogen-bond donors (Lipinski definition) is 1. The van der Waals surface area contributed by atoms with Gasteiger partial charge >= 0.3 is 0 Å². The molecule has 0 spiro atoms. The van der Waals surface area contributed by atoms with Gasteiger partial charge in [-0.05, 0) is 43.7 Å². The molecule has 7 nitrogen and oxygen atoms in total. The van der Waals surface area contributed by atoms with Gasteiger partial charge in [-0.15, -0.1) is 0 Å². The van der Waals surface area contributed by atoms with Crippen molar-refractivity contribution in [3.63, 3.8) is 0 Å². The van der Waals surface area contributed by atoms with Crippen LogP contribution in [0.5, 0.6) is 0 Å². The Kier molecular flexibility index (Phi) is 5.49. The number of sulfone groups is 1. The van der Waals surface area contributed by atoms with Crippen LogP contribution in [0.4, 0.5) is 5.82 Å². The van der Waals surface area contributed by atoms with Gasteiger partial charge in [-0.3, -0.25) is 9.20 Å². The summed E-state index contributed by atoms with van der Waals surface area (Å²) < 4.78 is 30.0. The lowest BCUT2D eigenvalue weighted by Crippen LogP contribution is -2.41. The number of rotatable bonds is 6. The highest BCUT2D eigenvalue weighted by Gasteiger charge is 2.29. The molecule has 0 aliphatic carbocycles. The zero-order valence-corrected chi connectivity index (χ0v) is 18.4. The average molecular weight is 438 g/mol. The van der Waals surface area contributed by atoms with E-state index in [1.54, 1.807) is 53.2 Å². The van der Waals surface area contributed by atoms with Crippen LogP contribution < -0.4 is 15.9 Å². The summed E-state index contributed by atoms with van der Waals surface area (Å²) in [6.45, 7) is 4.45. The van der Waals surface area contributed by atoms with E-state index in [-0.39, 0.29) is 26.6 Å². The van der Waals surface area contributed by atoms with E-state index in [0.717, 1.165) is 24.8 Å². The van der Waals surface area contributed by atoms with Crippen molar-refractivity contribution in [3.8, 4) is 0 Å². The highest BCUT2D eigenvalue weighted by Crippen LogP contribution is 2.26. The number of aryl methyl sites for hydroxylation is 2. The van der Waals surface area contributed by atoms with Gasteiger partial charge in [-0.25, -0.2) is 13.0 Å². The van der Waals surface area contributed by atoms with Crippen molar-refractivity contribution < 1.29 is 13.0 Å². The minimum Gasteiger partial charge on any atom is -0.317 e. The quantitative estimate of drug-likeness (QED) is 0.284. The molecule has 2 N–H and O–H groups in total. The third kappa shape index (κ3) is 3.67. The molecule has 3 heterocycles. The highest BCUT2D eigenvalue weighted by molar-refractivity contribution is 7.91. The first kappa shape index (κ1) is 21.0. The summed E-state index contributed by atoms with van der Waals surface area (Å²) in [7, 11) is -3.92. The number of nitrogens with zero attached hydrogens (tertiary/aromatic N) is 3. The Bertz CT molecular complexity index is 1440. The molecule has 0 fully saturated rings. The van der Waals surface area contributed by atoms with Crippen molar-refractivity contribution in [2.75, 3.05) is 5.73 Å². The monoisotopic (exact) mass is 437 g/mol. The van der Waals surface area contributed by atoms with Crippen molar-refractivity contribution in [1.82, 2.24) is 9.38 Å². The Hall–Kier alpha value is -3.26. The third-order valence-corrected chi connectivity index (χ3v) is 7.23. The molecule has 1 aromatic carbocycles. The van der Waals surface area contributed by atoms with Crippen LogP contribution in [0.3, 0.4) is 0 Å². The predicted octanol–water partition coefficient (Wildman–Crippen LogP) is 3.05. The standard InChI is InChI=1S/C23H24N4O3S/c1-3-4-6-14-27-21(24)19(31(29,30)17-11-9-16(2)10-12-17)15-18-22(27)25-20-8-5-7-13-26(20)23(18)28/h5,7-13,15,24H,3-4,6,14H2,1-2H3/p+1. The lowest BCUT2D eigenvalue weighted by Gasteiger charge is -2.13. The van der Waals surface area contributed by atoms with Gasteiger partial charge in [0.25, 0.3) is 11.2 Å². The SMILES string of the molecule is CCCCC[n+]1c(N)c(S(=O)(=O)c2ccc(C)cc2)cc2c(=O)n3ccccc3nc21. The molecule has 0 aliphatic heterocycles. The average Bonchev–Trinajstić information content (AvgIpc) is 2.76. The van der Waals surface area contributed by atoms with E-state index in [1.165, 1.54) is 10.5 Å². The van der Waals surface area contributed by atoms with E-state index >= 15 is 0 Å². The van der Waals surface area contributed by atoms with E-state index in [9.17, 15) is 13.2 Å². The van der Waals surface area contributed by atoms with Crippen molar-refractivity contribution in [2.24, 2.45) is 0 Å². The Morgan fingerprint density at radius 2 is 1.84 bits per heavy atom. The molecule has 0 saturated carbocycles. The van der Waals surface area contributed by atoms with E-state index in [2.05, 4.69) is 11.9 Å². The Morgan fingerprint density at radius 1 is 1.10 bits per heavy atom. The summed E-state index contributed by atoms with van der Waals surface area (Å²) >= 11 is 0. The molecule has 3 aromatic heterocycles. The van der Waals surface area contributed by atoms with Crippen LogP contribution in [-0.2, 0) is 16.4 Å². The number of unbranched alkanes of at least 4 members (excludes halogenated alkanes) is 2. The molecule has 0 amide bonds. The van der Waals surface area contributed by atoms with Crippen LogP contribution >= 0.6 is 0 Å². The van der Waals surface area contributed by atoms with Crippen molar-refractivity contribution in [2.45, 2.75) is 49.4 Å². The Labute approximate surface area is 180 Å². The number of nitrogen functional groups attached to an aromatic ring is 1. The minimum absolute atomic E-state index is 0.0740. The van der Waals surface area contributed by atoms with Crippen molar-refractivity contribution in [1.29, 1.82) is 0 Å². The van der Waals surface area contributed by atoms with Gasteiger partial charge in [0.05, 0.1) is 11.4 Å². The highest BCUT2D eigenvalue weighted by atomic mass is 32.2. The molecule has 4 rings (SSSR count). The summed E-state index contributed by atoms with van der Waals surface area (Å²) in [5, 5.41) is 0.222. The maximum Gasteiger partial charge on any atom is 0.278 e. The predicted molar refractivity (Wildman–Crippen MR) is 120 cm³/mol. The molecular weight excluding hydrogens is 412 g/mol. The van der Waals surface area contributed by atoms with E-state index in [4.69, 9.17) is 5.73 Å². The lowest BCUT2D eigenvalue weighted by molar-refractivity contribution is -0.660. The van der Waals surface area contributed by atoms with Gasteiger partial charge in [0, 0.05) is 6.20 Å². The second-order valence-corrected chi connectivity index (χ2v) is 9.57. The molecule has 4 aromatic rings. The van der Waals surface area contributed by atoms with Gasteiger partial charge in [-0.2, -0.15) is 0 Å². The van der Waals surface area contributed by atoms with Crippen molar-refractivity contribution in [3.05, 3.63) is 70.6 Å². The summed E-state index contributed by atoms with van der Waals surface area (Å²) in [6.07, 6.45) is 4.37. The second-order valence-electron chi connectivity index (χ2n) is 7.65. The minimum atomic E-state index is -3.92. The number of nitrogens with two attached hydrogens (primary N) is 1. The van der Waals surface area contributed by atoms with E-state index in [1.807, 2.05) is 6.92 Å². The van der Waals surface area contributed by atoms with Crippen LogP contribution in [0, 0.1) is 6.92 Å². The van der Waals surface area contributed by atoms with E-state index < -0.39 is 9.84 Å². The molecule has 31 heavy (non-hydrogen) atoms. The smallest absolute Gasteiger partial charge is 0.278 e. The molecule has 0 aliphatic rings. The summed E-state index contributed by atoms with van der Waals surface area (Å²) in [4.78, 5) is 17.9. The first-order chi connectivity index (χ1) is 14.8. The molecule has 0 atom stereocenters. The van der Waals surface area contributed by atoms with Gasteiger partial charge in [-0.1, -0.05) is 48.5 Å².